The molecule has 2 saturated heterocycles. The van der Waals surface area contributed by atoms with Crippen LogP contribution < -0.4 is 16.0 Å². The number of carbonyl (C=O) groups is 2. The number of likely N-dealkylation sites (N-methyl/N-ethyl adjacent to an activating group) is 1. The minimum atomic E-state index is -0.622. The highest BCUT2D eigenvalue weighted by atomic mass is 19.1. The maximum Gasteiger partial charge on any atom is 0.246 e. The molecule has 5 unspecified atom stereocenters. The van der Waals surface area contributed by atoms with E-state index in [1.807, 2.05) is 37.9 Å². The number of amides is 2. The lowest BCUT2D eigenvalue weighted by molar-refractivity contribution is -0.140. The number of fused-ring (bicyclic) bond motifs is 2. The molecule has 4 rings (SSSR count). The molecule has 2 fully saturated rings. The van der Waals surface area contributed by atoms with Crippen LogP contribution >= 0.6 is 0 Å². The molecule has 174 valence electrons. The summed E-state index contributed by atoms with van der Waals surface area (Å²) in [6.07, 6.45) is 2.82. The Kier molecular flexibility index (Phi) is 6.02. The molecule has 0 saturated carbocycles. The summed E-state index contributed by atoms with van der Waals surface area (Å²) in [5, 5.41) is 10.5. The molecule has 0 bridgehead atoms. The quantitative estimate of drug-likeness (QED) is 0.570. The van der Waals surface area contributed by atoms with Crippen molar-refractivity contribution < 1.29 is 14.0 Å². The summed E-state index contributed by atoms with van der Waals surface area (Å²) in [5.41, 5.74) is 1.43. The van der Waals surface area contributed by atoms with E-state index in [1.54, 1.807) is 14.0 Å². The number of hydrogen-bond donors (Lipinski definition) is 4. The molecule has 4 N–H and O–H groups in total. The van der Waals surface area contributed by atoms with Gasteiger partial charge in [0, 0.05) is 42.1 Å². The van der Waals surface area contributed by atoms with Gasteiger partial charge in [0.15, 0.2) is 0 Å². The highest BCUT2D eigenvalue weighted by Gasteiger charge is 2.49. The predicted octanol–water partition coefficient (Wildman–Crippen LogP) is 2.10. The molecular weight excluding hydrogens is 409 g/mol. The first-order chi connectivity index (χ1) is 15.1. The van der Waals surface area contributed by atoms with Gasteiger partial charge in [-0.3, -0.25) is 9.59 Å². The van der Waals surface area contributed by atoms with Gasteiger partial charge in [0.25, 0.3) is 0 Å². The highest BCUT2D eigenvalue weighted by Crippen LogP contribution is 2.39. The Bertz CT molecular complexity index is 1010. The van der Waals surface area contributed by atoms with E-state index < -0.39 is 11.5 Å². The summed E-state index contributed by atoms with van der Waals surface area (Å²) in [6.45, 7) is 9.12. The van der Waals surface area contributed by atoms with Crippen molar-refractivity contribution in [1.29, 1.82) is 0 Å². The first kappa shape index (κ1) is 22.7. The molecule has 2 aliphatic rings. The fraction of sp³-hybridized carbons (Fsp3) is 0.583. The van der Waals surface area contributed by atoms with Crippen molar-refractivity contribution in [2.24, 2.45) is 5.41 Å². The van der Waals surface area contributed by atoms with Crippen LogP contribution in [0.5, 0.6) is 0 Å². The number of carbonyl (C=O) groups excluding carboxylic acids is 2. The van der Waals surface area contributed by atoms with Crippen LogP contribution in [0.2, 0.25) is 0 Å². The van der Waals surface area contributed by atoms with Gasteiger partial charge in [-0.25, -0.2) is 4.39 Å². The standard InChI is InChI=1S/C24H34FN5O2/c1-13(26-5)22(31)29-21(24(2,3)4)23(32)30-9-8-18-20(30)17(12-27-18)16-11-28-19-10-14(25)6-7-15(16)19/h6-7,10-11,13,17-18,20-21,26-28H,8-9,12H2,1-5H3,(H,29,31). The third kappa shape index (κ3) is 4.01. The molecule has 5 atom stereocenters. The lowest BCUT2D eigenvalue weighted by Gasteiger charge is -2.37. The first-order valence-corrected chi connectivity index (χ1v) is 11.4. The molecule has 32 heavy (non-hydrogen) atoms. The van der Waals surface area contributed by atoms with Gasteiger partial charge in [-0.05, 0) is 49.6 Å². The topological polar surface area (TPSA) is 89.3 Å². The van der Waals surface area contributed by atoms with Crippen molar-refractivity contribution >= 4 is 22.7 Å². The fourth-order valence-electron chi connectivity index (χ4n) is 5.13. The number of aromatic nitrogens is 1. The second-order valence-corrected chi connectivity index (χ2v) is 10.2. The molecule has 1 aromatic carbocycles. The minimum Gasteiger partial charge on any atom is -0.361 e. The molecule has 1 aromatic heterocycles. The molecule has 2 amide bonds. The number of nitrogens with zero attached hydrogens (tertiary/aromatic N) is 1. The fourth-order valence-corrected chi connectivity index (χ4v) is 5.13. The van der Waals surface area contributed by atoms with Crippen LogP contribution in [0.1, 0.15) is 45.6 Å². The van der Waals surface area contributed by atoms with E-state index in [0.717, 1.165) is 29.4 Å². The van der Waals surface area contributed by atoms with Crippen molar-refractivity contribution in [3.05, 3.63) is 35.8 Å². The Morgan fingerprint density at radius 3 is 2.72 bits per heavy atom. The van der Waals surface area contributed by atoms with Gasteiger partial charge >= 0.3 is 0 Å². The molecular formula is C24H34FN5O2. The second-order valence-electron chi connectivity index (χ2n) is 10.2. The lowest BCUT2D eigenvalue weighted by atomic mass is 9.84. The summed E-state index contributed by atoms with van der Waals surface area (Å²) < 4.78 is 13.7. The summed E-state index contributed by atoms with van der Waals surface area (Å²) in [4.78, 5) is 31.6. The van der Waals surface area contributed by atoms with E-state index in [1.165, 1.54) is 12.1 Å². The van der Waals surface area contributed by atoms with E-state index in [2.05, 4.69) is 20.9 Å². The van der Waals surface area contributed by atoms with Gasteiger partial charge in [0.05, 0.1) is 12.1 Å². The van der Waals surface area contributed by atoms with Gasteiger partial charge < -0.3 is 25.8 Å². The number of likely N-dealkylation sites (tertiary alicyclic amines) is 1. The number of benzene rings is 1. The smallest absolute Gasteiger partial charge is 0.246 e. The third-order valence-corrected chi connectivity index (χ3v) is 7.05. The number of rotatable bonds is 5. The van der Waals surface area contributed by atoms with Crippen molar-refractivity contribution in [3.8, 4) is 0 Å². The Labute approximate surface area is 188 Å². The van der Waals surface area contributed by atoms with Crippen LogP contribution in [0.15, 0.2) is 24.4 Å². The maximum atomic E-state index is 13.8. The van der Waals surface area contributed by atoms with Gasteiger partial charge in [0.1, 0.15) is 11.9 Å². The highest BCUT2D eigenvalue weighted by molar-refractivity contribution is 5.91. The van der Waals surface area contributed by atoms with Gasteiger partial charge in [0.2, 0.25) is 11.8 Å². The Morgan fingerprint density at radius 2 is 2.03 bits per heavy atom. The Balaban J connectivity index is 1.62. The molecule has 3 heterocycles. The summed E-state index contributed by atoms with van der Waals surface area (Å²) >= 11 is 0. The molecule has 7 nitrogen and oxygen atoms in total. The molecule has 8 heteroatoms. The first-order valence-electron chi connectivity index (χ1n) is 11.4. The number of hydrogen-bond acceptors (Lipinski definition) is 4. The summed E-state index contributed by atoms with van der Waals surface area (Å²) in [5.74, 6) is -0.402. The number of aromatic amines is 1. The lowest BCUT2D eigenvalue weighted by Crippen LogP contribution is -2.58. The van der Waals surface area contributed by atoms with E-state index in [-0.39, 0.29) is 41.7 Å². The average Bonchev–Trinajstić information content (AvgIpc) is 3.44. The van der Waals surface area contributed by atoms with Gasteiger partial charge in [-0.2, -0.15) is 0 Å². The number of H-pyrrole nitrogens is 1. The van der Waals surface area contributed by atoms with E-state index in [0.29, 0.717) is 6.54 Å². The molecule has 0 radical (unpaired) electrons. The Hall–Kier alpha value is -2.45. The molecule has 2 aliphatic heterocycles. The zero-order valence-corrected chi connectivity index (χ0v) is 19.5. The predicted molar refractivity (Wildman–Crippen MR) is 123 cm³/mol. The van der Waals surface area contributed by atoms with Crippen molar-refractivity contribution in [2.75, 3.05) is 20.1 Å². The van der Waals surface area contributed by atoms with E-state index in [4.69, 9.17) is 0 Å². The molecule has 0 aliphatic carbocycles. The van der Waals surface area contributed by atoms with Crippen LogP contribution in [-0.2, 0) is 9.59 Å². The summed E-state index contributed by atoms with van der Waals surface area (Å²) in [6, 6.07) is 3.99. The normalized spacial score (nSPS) is 25.1. The summed E-state index contributed by atoms with van der Waals surface area (Å²) in [7, 11) is 1.73. The van der Waals surface area contributed by atoms with Crippen molar-refractivity contribution in [2.45, 2.75) is 64.2 Å². The van der Waals surface area contributed by atoms with Crippen LogP contribution in [0.3, 0.4) is 0 Å². The largest absolute Gasteiger partial charge is 0.361 e. The average molecular weight is 444 g/mol. The third-order valence-electron chi connectivity index (χ3n) is 7.05. The molecule has 2 aromatic rings. The van der Waals surface area contributed by atoms with E-state index >= 15 is 0 Å². The van der Waals surface area contributed by atoms with Crippen LogP contribution in [0, 0.1) is 11.2 Å². The SMILES string of the molecule is CNC(C)C(=O)NC(C(=O)N1CCC2NCC(c3c[nH]c4cc(F)ccc34)C21)C(C)(C)C. The monoisotopic (exact) mass is 443 g/mol. The zero-order chi connectivity index (χ0) is 23.2. The zero-order valence-electron chi connectivity index (χ0n) is 19.5. The van der Waals surface area contributed by atoms with Gasteiger partial charge in [-0.1, -0.05) is 20.8 Å². The van der Waals surface area contributed by atoms with Crippen LogP contribution in [-0.4, -0.2) is 66.0 Å². The Morgan fingerprint density at radius 1 is 1.28 bits per heavy atom. The maximum absolute atomic E-state index is 13.8. The van der Waals surface area contributed by atoms with Gasteiger partial charge in [-0.15, -0.1) is 0 Å². The second kappa shape index (κ2) is 8.48. The number of halogens is 1. The number of nitrogens with one attached hydrogen (secondary N) is 4. The van der Waals surface area contributed by atoms with Crippen molar-refractivity contribution in [1.82, 2.24) is 25.8 Å². The van der Waals surface area contributed by atoms with Crippen molar-refractivity contribution in [3.63, 3.8) is 0 Å². The van der Waals surface area contributed by atoms with E-state index in [9.17, 15) is 14.0 Å². The molecule has 0 spiro atoms. The van der Waals surface area contributed by atoms with Crippen LogP contribution in [0.4, 0.5) is 4.39 Å². The minimum absolute atomic E-state index is 0.00460. The van der Waals surface area contributed by atoms with Crippen LogP contribution in [0.25, 0.3) is 10.9 Å².